The molecule has 0 aliphatic carbocycles. The van der Waals surface area contributed by atoms with E-state index in [1.165, 1.54) is 14.0 Å². The molecule has 53 heavy (non-hydrogen) atoms. The highest BCUT2D eigenvalue weighted by molar-refractivity contribution is 5.87. The van der Waals surface area contributed by atoms with Gasteiger partial charge in [0.2, 0.25) is 18.6 Å². The van der Waals surface area contributed by atoms with Gasteiger partial charge in [-0.05, 0) is 63.8 Å². The number of hydrogen-bond donors (Lipinski definition) is 3. The molecule has 3 unspecified atom stereocenters. The number of phenolic OH excluding ortho intramolecular Hbond substituents is 1. The number of hydrogen-bond acceptors (Lipinski definition) is 11. The van der Waals surface area contributed by atoms with Gasteiger partial charge in [0.25, 0.3) is 0 Å². The van der Waals surface area contributed by atoms with Crippen molar-refractivity contribution in [3.8, 4) is 34.8 Å². The van der Waals surface area contributed by atoms with E-state index in [9.17, 15) is 24.8 Å². The third-order valence-corrected chi connectivity index (χ3v) is 11.2. The number of methoxy groups -OCH3 is 1. The van der Waals surface area contributed by atoms with Crippen molar-refractivity contribution >= 4 is 17.8 Å². The lowest BCUT2D eigenvalue weighted by molar-refractivity contribution is -0.132. The minimum atomic E-state index is -0.838. The van der Waals surface area contributed by atoms with Gasteiger partial charge in [0.15, 0.2) is 23.0 Å². The molecule has 2 bridgehead atoms. The van der Waals surface area contributed by atoms with Crippen molar-refractivity contribution < 1.29 is 38.4 Å². The summed E-state index contributed by atoms with van der Waals surface area (Å²) in [6, 6.07) is 11.1. The summed E-state index contributed by atoms with van der Waals surface area (Å²) in [6.07, 6.45) is 1.62. The Labute approximate surface area is 308 Å². The fraction of sp³-hybridized carbons (Fsp3) is 0.450. The molecule has 13 nitrogen and oxygen atoms in total. The Kier molecular flexibility index (Phi) is 9.69. The van der Waals surface area contributed by atoms with Crippen LogP contribution >= 0.6 is 0 Å². The predicted octanol–water partition coefficient (Wildman–Crippen LogP) is 3.70. The third kappa shape index (κ3) is 6.19. The van der Waals surface area contributed by atoms with Crippen LogP contribution in [0.5, 0.6) is 28.7 Å². The summed E-state index contributed by atoms with van der Waals surface area (Å²) < 4.78 is 23.6. The molecule has 1 saturated heterocycles. The van der Waals surface area contributed by atoms with E-state index in [1.807, 2.05) is 57.3 Å². The maximum absolute atomic E-state index is 13.7. The number of aromatic hydroxyl groups is 1. The summed E-state index contributed by atoms with van der Waals surface area (Å²) in [4.78, 5) is 43.4. The summed E-state index contributed by atoms with van der Waals surface area (Å²) in [6.45, 7) is 6.68. The van der Waals surface area contributed by atoms with Crippen molar-refractivity contribution in [3.63, 3.8) is 0 Å². The highest BCUT2D eigenvalue weighted by atomic mass is 16.7. The van der Waals surface area contributed by atoms with Crippen LogP contribution in [0.1, 0.15) is 71.3 Å². The molecule has 13 heteroatoms. The fourth-order valence-electron chi connectivity index (χ4n) is 8.94. The Bertz CT molecular complexity index is 2010. The quantitative estimate of drug-likeness (QED) is 0.218. The average molecular weight is 724 g/mol. The van der Waals surface area contributed by atoms with E-state index in [4.69, 9.17) is 18.9 Å². The molecule has 0 radical (unpaired) electrons. The molecular formula is C40H45N5O8. The van der Waals surface area contributed by atoms with Gasteiger partial charge in [-0.1, -0.05) is 36.4 Å². The second-order valence-electron chi connectivity index (χ2n) is 14.4. The number of nitrogens with one attached hydrogen (secondary N) is 2. The van der Waals surface area contributed by atoms with E-state index < -0.39 is 42.1 Å². The minimum absolute atomic E-state index is 0.0440. The normalized spacial score (nSPS) is 23.1. The molecule has 4 aliphatic heterocycles. The predicted molar refractivity (Wildman–Crippen MR) is 193 cm³/mol. The molecule has 3 N–H and O–H groups in total. The number of nitriles is 1. The molecule has 0 saturated carbocycles. The van der Waals surface area contributed by atoms with Crippen LogP contribution in [-0.2, 0) is 33.6 Å². The SMILES string of the molecule is COc1c(C)cc2c(c1O)C1C3Cc4c(OC(C)=O)c(C)c5c(c4[C@H](CNC(=O)[C@H](C)NC(=O)CCc4ccccc4)N3[C@@H](C#N)C(C2)N1C)OCO5. The second kappa shape index (κ2) is 14.2. The first kappa shape index (κ1) is 36.1. The number of nitrogens with zero attached hydrogens (tertiary/aromatic N) is 3. The molecule has 7 rings (SSSR count). The van der Waals surface area contributed by atoms with Crippen LogP contribution < -0.4 is 29.6 Å². The van der Waals surface area contributed by atoms with E-state index in [2.05, 4.69) is 26.5 Å². The number of carbonyl (C=O) groups is 3. The number of aryl methyl sites for hydroxylation is 2. The van der Waals surface area contributed by atoms with E-state index in [0.717, 1.165) is 22.3 Å². The van der Waals surface area contributed by atoms with Crippen LogP contribution in [-0.4, -0.2) is 84.4 Å². The van der Waals surface area contributed by atoms with Crippen molar-refractivity contribution in [1.29, 1.82) is 5.26 Å². The molecule has 0 aromatic heterocycles. The lowest BCUT2D eigenvalue weighted by atomic mass is 9.71. The van der Waals surface area contributed by atoms with Gasteiger partial charge in [-0.3, -0.25) is 24.2 Å². The highest BCUT2D eigenvalue weighted by Crippen LogP contribution is 2.58. The van der Waals surface area contributed by atoms with Gasteiger partial charge in [0, 0.05) is 54.2 Å². The first-order chi connectivity index (χ1) is 25.4. The van der Waals surface area contributed by atoms with Gasteiger partial charge in [0.05, 0.1) is 25.3 Å². The smallest absolute Gasteiger partial charge is 0.308 e. The van der Waals surface area contributed by atoms with Gasteiger partial charge >= 0.3 is 5.97 Å². The first-order valence-corrected chi connectivity index (χ1v) is 18.0. The second-order valence-corrected chi connectivity index (χ2v) is 14.4. The van der Waals surface area contributed by atoms with Gasteiger partial charge < -0.3 is 34.7 Å². The molecule has 4 heterocycles. The molecule has 6 atom stereocenters. The average Bonchev–Trinajstić information content (AvgIpc) is 3.62. The summed E-state index contributed by atoms with van der Waals surface area (Å²) in [5.74, 6) is 0.585. The number of ether oxygens (including phenoxy) is 4. The monoisotopic (exact) mass is 723 g/mol. The number of benzene rings is 3. The van der Waals surface area contributed by atoms with Crippen LogP contribution in [0.4, 0.5) is 0 Å². The lowest BCUT2D eigenvalue weighted by Crippen LogP contribution is -2.69. The number of carbonyl (C=O) groups excluding carboxylic acids is 3. The minimum Gasteiger partial charge on any atom is -0.504 e. The maximum Gasteiger partial charge on any atom is 0.308 e. The van der Waals surface area contributed by atoms with Gasteiger partial charge in [0.1, 0.15) is 17.8 Å². The number of likely N-dealkylation sites (N-methyl/N-ethyl adjacent to an activating group) is 1. The van der Waals surface area contributed by atoms with E-state index in [0.29, 0.717) is 59.0 Å². The van der Waals surface area contributed by atoms with Crippen molar-refractivity contribution in [3.05, 3.63) is 75.3 Å². The Morgan fingerprint density at radius 1 is 1.08 bits per heavy atom. The lowest BCUT2D eigenvalue weighted by Gasteiger charge is -2.60. The number of rotatable bonds is 9. The largest absolute Gasteiger partial charge is 0.504 e. The van der Waals surface area contributed by atoms with E-state index >= 15 is 0 Å². The van der Waals surface area contributed by atoms with Crippen LogP contribution in [0.15, 0.2) is 36.4 Å². The molecule has 4 aliphatic rings. The summed E-state index contributed by atoms with van der Waals surface area (Å²) >= 11 is 0. The van der Waals surface area contributed by atoms with Crippen molar-refractivity contribution in [2.45, 2.75) is 89.6 Å². The summed E-state index contributed by atoms with van der Waals surface area (Å²) in [7, 11) is 3.50. The Hall–Kier alpha value is -5.32. The third-order valence-electron chi connectivity index (χ3n) is 11.2. The Morgan fingerprint density at radius 3 is 2.51 bits per heavy atom. The standard InChI is InChI=1S/C40H45N5O8/c1-20-14-25-15-27-29(17-41)45-28(34(44(27)5)32(25)35(48)36(20)50-6)16-26-33(39-38(51-19-52-39)21(2)37(26)53-23(4)46)30(45)18-42-40(49)22(3)43-31(47)13-12-24-10-8-7-9-11-24/h7-11,14,22,27-30,34,48H,12-13,15-16,18-19H2,1-6H3,(H,42,49)(H,43,47)/t22-,27?,28?,29-,30-,34?/m0/s1. The van der Waals surface area contributed by atoms with E-state index in [-0.39, 0.29) is 37.5 Å². The molecule has 278 valence electrons. The number of esters is 1. The number of fused-ring (bicyclic) bond motifs is 9. The molecule has 3 aromatic rings. The first-order valence-electron chi connectivity index (χ1n) is 18.0. The van der Waals surface area contributed by atoms with Crippen LogP contribution in [0.25, 0.3) is 0 Å². The van der Waals surface area contributed by atoms with Crippen molar-refractivity contribution in [2.24, 2.45) is 0 Å². The zero-order valence-corrected chi connectivity index (χ0v) is 30.8. The van der Waals surface area contributed by atoms with Crippen LogP contribution in [0, 0.1) is 25.2 Å². The summed E-state index contributed by atoms with van der Waals surface area (Å²) in [5, 5.41) is 28.5. The summed E-state index contributed by atoms with van der Waals surface area (Å²) in [5.41, 5.74) is 5.49. The Morgan fingerprint density at radius 2 is 1.81 bits per heavy atom. The van der Waals surface area contributed by atoms with Crippen molar-refractivity contribution in [2.75, 3.05) is 27.5 Å². The van der Waals surface area contributed by atoms with Crippen LogP contribution in [0.3, 0.4) is 0 Å². The number of amides is 2. The molecule has 3 aromatic carbocycles. The fourth-order valence-corrected chi connectivity index (χ4v) is 8.94. The van der Waals surface area contributed by atoms with Gasteiger partial charge in [-0.25, -0.2) is 0 Å². The van der Waals surface area contributed by atoms with Gasteiger partial charge in [-0.15, -0.1) is 0 Å². The zero-order valence-electron chi connectivity index (χ0n) is 30.8. The van der Waals surface area contributed by atoms with Gasteiger partial charge in [-0.2, -0.15) is 5.26 Å². The number of piperazine rings is 1. The molecular weight excluding hydrogens is 678 g/mol. The van der Waals surface area contributed by atoms with E-state index in [1.54, 1.807) is 6.92 Å². The molecule has 1 fully saturated rings. The highest BCUT2D eigenvalue weighted by Gasteiger charge is 2.57. The molecule has 2 amide bonds. The molecule has 0 spiro atoms. The maximum atomic E-state index is 13.7. The topological polar surface area (TPSA) is 163 Å². The zero-order chi connectivity index (χ0) is 37.7. The number of phenols is 1. The van der Waals surface area contributed by atoms with Crippen LogP contribution in [0.2, 0.25) is 0 Å². The van der Waals surface area contributed by atoms with Crippen molar-refractivity contribution in [1.82, 2.24) is 20.4 Å². The Balaban J connectivity index is 1.28.